The van der Waals surface area contributed by atoms with Gasteiger partial charge >= 0.3 is 5.97 Å². The molecule has 0 saturated heterocycles. The van der Waals surface area contributed by atoms with Crippen molar-refractivity contribution >= 4 is 39.1 Å². The molecule has 0 spiro atoms. The van der Waals surface area contributed by atoms with Gasteiger partial charge in [0.1, 0.15) is 10.8 Å². The molecule has 0 atom stereocenters. The van der Waals surface area contributed by atoms with Crippen LogP contribution in [0, 0.1) is 6.92 Å². The Morgan fingerprint density at radius 3 is 2.62 bits per heavy atom. The van der Waals surface area contributed by atoms with Crippen LogP contribution in [0.5, 0.6) is 5.75 Å². The van der Waals surface area contributed by atoms with Crippen LogP contribution in [0.15, 0.2) is 66.7 Å². The summed E-state index contributed by atoms with van der Waals surface area (Å²) in [5.41, 5.74) is 4.54. The lowest BCUT2D eigenvalue weighted by molar-refractivity contribution is -0.146. The van der Waals surface area contributed by atoms with Gasteiger partial charge in [-0.25, -0.2) is 4.98 Å². The second kappa shape index (κ2) is 9.62. The minimum atomic E-state index is -0.477. The second-order valence-corrected chi connectivity index (χ2v) is 8.34. The Morgan fingerprint density at radius 2 is 1.84 bits per heavy atom. The average Bonchev–Trinajstić information content (AvgIpc) is 3.21. The molecule has 1 N–H and O–H groups in total. The highest BCUT2D eigenvalue weighted by atomic mass is 32.1. The molecule has 4 rings (SSSR count). The van der Waals surface area contributed by atoms with E-state index in [1.54, 1.807) is 42.7 Å². The summed E-state index contributed by atoms with van der Waals surface area (Å²) in [5.74, 6) is -0.209. The maximum Gasteiger partial charge on any atom is 0.310 e. The molecule has 4 aromatic rings. The van der Waals surface area contributed by atoms with Gasteiger partial charge in [0.05, 0.1) is 23.7 Å². The van der Waals surface area contributed by atoms with Gasteiger partial charge in [0.2, 0.25) is 0 Å². The molecule has 0 fully saturated rings. The molecule has 1 amide bonds. The summed E-state index contributed by atoms with van der Waals surface area (Å²) in [5, 5.41) is 3.66. The first kappa shape index (κ1) is 21.5. The van der Waals surface area contributed by atoms with Crippen LogP contribution in [-0.4, -0.2) is 30.6 Å². The summed E-state index contributed by atoms with van der Waals surface area (Å²) < 4.78 is 11.4. The lowest BCUT2D eigenvalue weighted by Gasteiger charge is -2.08. The largest absolute Gasteiger partial charge is 0.497 e. The van der Waals surface area contributed by atoms with Crippen molar-refractivity contribution in [3.63, 3.8) is 0 Å². The number of nitrogens with one attached hydrogen (secondary N) is 1. The number of nitrogens with zero attached hydrogens (tertiary/aromatic N) is 1. The fourth-order valence-corrected chi connectivity index (χ4v) is 4.26. The predicted octanol–water partition coefficient (Wildman–Crippen LogP) is 5.00. The number of ether oxygens (including phenoxy) is 2. The third kappa shape index (κ3) is 5.31. The lowest BCUT2D eigenvalue weighted by atomic mass is 10.1. The lowest BCUT2D eigenvalue weighted by Crippen LogP contribution is -2.21. The average molecular weight is 447 g/mol. The van der Waals surface area contributed by atoms with E-state index < -0.39 is 11.9 Å². The van der Waals surface area contributed by atoms with Gasteiger partial charge in [-0.2, -0.15) is 0 Å². The normalized spacial score (nSPS) is 10.7. The molecule has 0 aliphatic heterocycles. The number of carbonyl (C=O) groups is 2. The van der Waals surface area contributed by atoms with Crippen molar-refractivity contribution in [3.05, 3.63) is 77.9 Å². The van der Waals surface area contributed by atoms with Crippen LogP contribution in [0.4, 0.5) is 5.69 Å². The SMILES string of the molecule is COc1cccc(CC(=O)OCC(=O)Nc2ccc(-c3nc4ccc(C)cc4s3)cc2)c1. The first-order valence-corrected chi connectivity index (χ1v) is 10.9. The Kier molecular flexibility index (Phi) is 6.47. The Bertz CT molecular complexity index is 1260. The molecule has 0 aliphatic carbocycles. The van der Waals surface area contributed by atoms with Gasteiger partial charge in [-0.05, 0) is 66.6 Å². The highest BCUT2D eigenvalue weighted by molar-refractivity contribution is 7.21. The molecule has 0 saturated carbocycles. The van der Waals surface area contributed by atoms with E-state index in [-0.39, 0.29) is 13.0 Å². The number of esters is 1. The molecule has 0 bridgehead atoms. The van der Waals surface area contributed by atoms with E-state index in [0.717, 1.165) is 26.4 Å². The van der Waals surface area contributed by atoms with E-state index in [1.165, 1.54) is 5.56 Å². The smallest absolute Gasteiger partial charge is 0.310 e. The van der Waals surface area contributed by atoms with Gasteiger partial charge in [-0.15, -0.1) is 11.3 Å². The van der Waals surface area contributed by atoms with Crippen molar-refractivity contribution in [2.45, 2.75) is 13.3 Å². The Balaban J connectivity index is 1.30. The number of hydrogen-bond acceptors (Lipinski definition) is 6. The summed E-state index contributed by atoms with van der Waals surface area (Å²) in [4.78, 5) is 28.8. The maximum atomic E-state index is 12.2. The number of thiazole rings is 1. The van der Waals surface area contributed by atoms with E-state index in [0.29, 0.717) is 11.4 Å². The zero-order valence-corrected chi connectivity index (χ0v) is 18.6. The Morgan fingerprint density at radius 1 is 1.03 bits per heavy atom. The number of fused-ring (bicyclic) bond motifs is 1. The molecule has 0 unspecified atom stereocenters. The number of methoxy groups -OCH3 is 1. The fourth-order valence-electron chi connectivity index (χ4n) is 3.19. The number of benzene rings is 3. The molecular weight excluding hydrogens is 424 g/mol. The molecule has 0 radical (unpaired) electrons. The Labute approximate surface area is 189 Å². The molecular formula is C25H22N2O4S. The third-order valence-corrected chi connectivity index (χ3v) is 5.87. The maximum absolute atomic E-state index is 12.2. The molecule has 162 valence electrons. The number of rotatable bonds is 7. The summed E-state index contributed by atoms with van der Waals surface area (Å²) in [6.45, 7) is 1.72. The first-order chi connectivity index (χ1) is 15.5. The van der Waals surface area contributed by atoms with Gasteiger partial charge in [0.15, 0.2) is 6.61 Å². The highest BCUT2D eigenvalue weighted by Crippen LogP contribution is 2.31. The van der Waals surface area contributed by atoms with Crippen LogP contribution in [-0.2, 0) is 20.7 Å². The minimum Gasteiger partial charge on any atom is -0.497 e. The zero-order chi connectivity index (χ0) is 22.5. The van der Waals surface area contributed by atoms with E-state index >= 15 is 0 Å². The highest BCUT2D eigenvalue weighted by Gasteiger charge is 2.11. The minimum absolute atomic E-state index is 0.0703. The van der Waals surface area contributed by atoms with Gasteiger partial charge in [0, 0.05) is 11.3 Å². The van der Waals surface area contributed by atoms with Crippen LogP contribution in [0.1, 0.15) is 11.1 Å². The standard InChI is InChI=1S/C25H22N2O4S/c1-16-6-11-21-22(12-16)32-25(27-21)18-7-9-19(10-8-18)26-23(28)15-31-24(29)14-17-4-3-5-20(13-17)30-2/h3-13H,14-15H2,1-2H3,(H,26,28). The monoisotopic (exact) mass is 446 g/mol. The van der Waals surface area contributed by atoms with Gasteiger partial charge in [-0.1, -0.05) is 18.2 Å². The first-order valence-electron chi connectivity index (χ1n) is 10.1. The number of aryl methyl sites for hydroxylation is 1. The molecule has 3 aromatic carbocycles. The van der Waals surface area contributed by atoms with Crippen LogP contribution in [0.25, 0.3) is 20.8 Å². The van der Waals surface area contributed by atoms with Crippen LogP contribution >= 0.6 is 11.3 Å². The topological polar surface area (TPSA) is 77.5 Å². The molecule has 0 aliphatic rings. The Hall–Kier alpha value is -3.71. The molecule has 32 heavy (non-hydrogen) atoms. The van der Waals surface area contributed by atoms with Crippen LogP contribution in [0.3, 0.4) is 0 Å². The van der Waals surface area contributed by atoms with Crippen molar-refractivity contribution in [1.82, 2.24) is 4.98 Å². The van der Waals surface area contributed by atoms with Crippen LogP contribution in [0.2, 0.25) is 0 Å². The summed E-state index contributed by atoms with van der Waals surface area (Å²) in [6, 6.07) is 20.8. The van der Waals surface area contributed by atoms with E-state index in [9.17, 15) is 9.59 Å². The second-order valence-electron chi connectivity index (χ2n) is 7.30. The van der Waals surface area contributed by atoms with Crippen molar-refractivity contribution in [2.24, 2.45) is 0 Å². The summed E-state index contributed by atoms with van der Waals surface area (Å²) >= 11 is 1.63. The van der Waals surface area contributed by atoms with E-state index in [1.807, 2.05) is 36.4 Å². The van der Waals surface area contributed by atoms with Crippen molar-refractivity contribution in [1.29, 1.82) is 0 Å². The van der Waals surface area contributed by atoms with Crippen molar-refractivity contribution in [2.75, 3.05) is 19.0 Å². The number of aromatic nitrogens is 1. The third-order valence-electron chi connectivity index (χ3n) is 4.81. The molecule has 1 heterocycles. The fraction of sp³-hybridized carbons (Fsp3) is 0.160. The van der Waals surface area contributed by atoms with E-state index in [2.05, 4.69) is 23.3 Å². The molecule has 6 nitrogen and oxygen atoms in total. The molecule has 1 aromatic heterocycles. The summed E-state index contributed by atoms with van der Waals surface area (Å²) in [6.07, 6.45) is 0.0703. The van der Waals surface area contributed by atoms with Crippen molar-refractivity contribution < 1.29 is 19.1 Å². The summed E-state index contributed by atoms with van der Waals surface area (Å²) in [7, 11) is 1.56. The zero-order valence-electron chi connectivity index (χ0n) is 17.8. The van der Waals surface area contributed by atoms with Crippen LogP contribution < -0.4 is 10.1 Å². The van der Waals surface area contributed by atoms with E-state index in [4.69, 9.17) is 9.47 Å². The van der Waals surface area contributed by atoms with Gasteiger partial charge < -0.3 is 14.8 Å². The number of carbonyl (C=O) groups excluding carboxylic acids is 2. The van der Waals surface area contributed by atoms with Gasteiger partial charge in [-0.3, -0.25) is 9.59 Å². The van der Waals surface area contributed by atoms with Crippen molar-refractivity contribution in [3.8, 4) is 16.3 Å². The number of anilines is 1. The quantitative estimate of drug-likeness (QED) is 0.404. The van der Waals surface area contributed by atoms with Gasteiger partial charge in [0.25, 0.3) is 5.91 Å². The number of hydrogen-bond donors (Lipinski definition) is 1. The predicted molar refractivity (Wildman–Crippen MR) is 126 cm³/mol. The number of amides is 1. The molecule has 7 heteroatoms.